The van der Waals surface area contributed by atoms with Crippen molar-refractivity contribution < 1.29 is 41.8 Å². The average Bonchev–Trinajstić information content (AvgIpc) is 3.43. The minimum atomic E-state index is -4.87. The molecule has 0 radical (unpaired) electrons. The van der Waals surface area contributed by atoms with Crippen LogP contribution in [0.15, 0.2) is 36.4 Å². The lowest BCUT2D eigenvalue weighted by Gasteiger charge is -2.35. The molecule has 0 N–H and O–H groups in total. The van der Waals surface area contributed by atoms with E-state index in [2.05, 4.69) is 10.2 Å². The summed E-state index contributed by atoms with van der Waals surface area (Å²) in [6.45, 7) is 7.89. The van der Waals surface area contributed by atoms with Gasteiger partial charge in [-0.3, -0.25) is 19.0 Å². The van der Waals surface area contributed by atoms with Crippen LogP contribution in [0, 0.1) is 6.92 Å². The monoisotopic (exact) mass is 691 g/mol. The Hall–Kier alpha value is -4.17. The van der Waals surface area contributed by atoms with Gasteiger partial charge in [-0.05, 0) is 63.1 Å². The fraction of sp³-hybridized carbons (Fsp3) is 0.485. The summed E-state index contributed by atoms with van der Waals surface area (Å²) in [6.07, 6.45) is -7.48. The summed E-state index contributed by atoms with van der Waals surface area (Å²) in [6, 6.07) is 9.74. The summed E-state index contributed by atoms with van der Waals surface area (Å²) in [5.74, 6) is -2.00. The van der Waals surface area contributed by atoms with Crippen LogP contribution < -0.4 is 4.74 Å². The summed E-state index contributed by atoms with van der Waals surface area (Å²) in [5, 5.41) is 7.66. The average molecular weight is 692 g/mol. The van der Waals surface area contributed by atoms with Crippen LogP contribution in [0.1, 0.15) is 80.6 Å². The highest BCUT2D eigenvalue weighted by Crippen LogP contribution is 2.45. The number of amides is 2. The lowest BCUT2D eigenvalue weighted by Crippen LogP contribution is -2.51. The zero-order valence-electron chi connectivity index (χ0n) is 27.3. The number of rotatable bonds is 7. The number of hydrogen-bond acceptors (Lipinski definition) is 8. The summed E-state index contributed by atoms with van der Waals surface area (Å²) < 4.78 is 61.2. The molecule has 2 atom stereocenters. The predicted octanol–water partition coefficient (Wildman–Crippen LogP) is 5.60. The van der Waals surface area contributed by atoms with Crippen LogP contribution in [0.4, 0.5) is 13.2 Å². The molecule has 2 amide bonds. The zero-order valence-corrected chi connectivity index (χ0v) is 28.0. The van der Waals surface area contributed by atoms with Gasteiger partial charge < -0.3 is 24.0 Å². The number of hydrogen-bond donors (Lipinski definition) is 0. The van der Waals surface area contributed by atoms with E-state index >= 15 is 0 Å². The first-order valence-electron chi connectivity index (χ1n) is 15.5. The Kier molecular flexibility index (Phi) is 10.1. The van der Waals surface area contributed by atoms with Crippen molar-refractivity contribution in [2.24, 2.45) is 0 Å². The number of ether oxygens (including phenoxy) is 3. The van der Waals surface area contributed by atoms with E-state index in [1.807, 2.05) is 6.92 Å². The van der Waals surface area contributed by atoms with E-state index in [0.717, 1.165) is 4.57 Å². The predicted molar refractivity (Wildman–Crippen MR) is 168 cm³/mol. The van der Waals surface area contributed by atoms with Gasteiger partial charge in [-0.15, -0.1) is 10.2 Å². The molecule has 0 unspecified atom stereocenters. The summed E-state index contributed by atoms with van der Waals surface area (Å²) >= 11 is 6.37. The normalized spacial score (nSPS) is 18.1. The van der Waals surface area contributed by atoms with Crippen molar-refractivity contribution in [3.63, 3.8) is 0 Å². The van der Waals surface area contributed by atoms with Crippen LogP contribution in [0.25, 0.3) is 5.69 Å². The largest absolute Gasteiger partial charge is 0.496 e. The highest BCUT2D eigenvalue weighted by molar-refractivity contribution is 6.30. The maximum absolute atomic E-state index is 14.3. The second-order valence-corrected chi connectivity index (χ2v) is 13.1. The number of halogens is 4. The van der Waals surface area contributed by atoms with Gasteiger partial charge in [-0.2, -0.15) is 13.2 Å². The van der Waals surface area contributed by atoms with Gasteiger partial charge in [0.15, 0.2) is 5.82 Å². The Morgan fingerprint density at radius 1 is 0.958 bits per heavy atom. The number of esters is 1. The summed E-state index contributed by atoms with van der Waals surface area (Å²) in [4.78, 5) is 41.6. The third-order valence-corrected chi connectivity index (χ3v) is 8.41. The Balaban J connectivity index is 1.40. The smallest absolute Gasteiger partial charge is 0.452 e. The maximum Gasteiger partial charge on any atom is 0.452 e. The number of alkyl halides is 3. The molecule has 2 aliphatic heterocycles. The van der Waals surface area contributed by atoms with E-state index in [-0.39, 0.29) is 67.9 Å². The molecule has 2 aliphatic rings. The Morgan fingerprint density at radius 3 is 2.25 bits per heavy atom. The van der Waals surface area contributed by atoms with E-state index in [9.17, 15) is 27.6 Å². The van der Waals surface area contributed by atoms with Crippen molar-refractivity contribution in [2.45, 2.75) is 70.9 Å². The van der Waals surface area contributed by atoms with Crippen LogP contribution in [-0.2, 0) is 30.0 Å². The summed E-state index contributed by atoms with van der Waals surface area (Å²) in [7, 11) is 1.51. The number of fused-ring (bicyclic) bond motifs is 3. The third kappa shape index (κ3) is 7.59. The molecular formula is C33H37ClF3N5O6. The molecule has 1 saturated heterocycles. The minimum absolute atomic E-state index is 0.0222. The Labute approximate surface area is 280 Å². The van der Waals surface area contributed by atoms with Crippen molar-refractivity contribution in [3.8, 4) is 11.4 Å². The number of carbonyl (C=O) groups is 3. The second kappa shape index (κ2) is 13.7. The number of benzene rings is 2. The van der Waals surface area contributed by atoms with Crippen LogP contribution in [0.5, 0.6) is 5.75 Å². The molecule has 11 nitrogen and oxygen atoms in total. The van der Waals surface area contributed by atoms with Crippen molar-refractivity contribution in [2.75, 3.05) is 33.3 Å². The van der Waals surface area contributed by atoms with Gasteiger partial charge in [0, 0.05) is 43.2 Å². The van der Waals surface area contributed by atoms with Crippen molar-refractivity contribution in [1.29, 1.82) is 0 Å². The van der Waals surface area contributed by atoms with Gasteiger partial charge >= 0.3 is 12.1 Å². The molecule has 3 heterocycles. The van der Waals surface area contributed by atoms with E-state index in [0.29, 0.717) is 22.4 Å². The quantitative estimate of drug-likeness (QED) is 0.294. The van der Waals surface area contributed by atoms with E-state index in [4.69, 9.17) is 25.8 Å². The molecule has 258 valence electrons. The molecule has 48 heavy (non-hydrogen) atoms. The molecule has 15 heteroatoms. The highest BCUT2D eigenvalue weighted by atomic mass is 35.5. The standard InChI is InChI=1S/C33H37ClF3N5O6/c1-19-21(7-6-8-24(19)46-5)29-22-17-20(34)9-10-23(22)42-30(38-39-31(42)33(35,36)37)25(47-29)18-27(44)41-15-13-40(14-16-41)26(43)11-12-28(45)48-32(2,3)4/h6-10,17,25,29H,11-16,18H2,1-5H3/t25-,29-/m1/s1. The van der Waals surface area contributed by atoms with Crippen molar-refractivity contribution in [1.82, 2.24) is 24.6 Å². The highest BCUT2D eigenvalue weighted by Gasteiger charge is 2.44. The SMILES string of the molecule is COc1cccc([C@H]2O[C@H](CC(=O)N3CCN(C(=O)CCC(=O)OC(C)(C)C)CC3)c3nnc(C(F)(F)F)n3-c3ccc(Cl)cc32)c1C. The second-order valence-electron chi connectivity index (χ2n) is 12.6. The Bertz CT molecular complexity index is 1700. The van der Waals surface area contributed by atoms with E-state index in [1.54, 1.807) is 43.9 Å². The number of aromatic nitrogens is 3. The number of piperazine rings is 1. The number of carbonyl (C=O) groups excluding carboxylic acids is 3. The molecule has 1 aromatic heterocycles. The van der Waals surface area contributed by atoms with Gasteiger partial charge in [-0.25, -0.2) is 0 Å². The zero-order chi connectivity index (χ0) is 35.0. The van der Waals surface area contributed by atoms with Crippen molar-refractivity contribution >= 4 is 29.4 Å². The number of nitrogens with zero attached hydrogens (tertiary/aromatic N) is 5. The maximum atomic E-state index is 14.3. The molecule has 2 aromatic carbocycles. The van der Waals surface area contributed by atoms with Gasteiger partial charge in [0.1, 0.15) is 23.6 Å². The molecule has 1 fully saturated rings. The molecular weight excluding hydrogens is 655 g/mol. The third-order valence-electron chi connectivity index (χ3n) is 8.18. The Morgan fingerprint density at radius 2 is 1.62 bits per heavy atom. The molecule has 0 saturated carbocycles. The molecule has 3 aromatic rings. The molecule has 0 bridgehead atoms. The first-order valence-corrected chi connectivity index (χ1v) is 15.8. The van der Waals surface area contributed by atoms with Crippen LogP contribution in [-0.4, -0.2) is 81.2 Å². The van der Waals surface area contributed by atoms with E-state index < -0.39 is 41.7 Å². The van der Waals surface area contributed by atoms with Gasteiger partial charge in [0.2, 0.25) is 17.6 Å². The molecule has 0 spiro atoms. The molecule has 5 rings (SSSR count). The van der Waals surface area contributed by atoms with E-state index in [1.165, 1.54) is 30.2 Å². The van der Waals surface area contributed by atoms with Crippen LogP contribution in [0.3, 0.4) is 0 Å². The lowest BCUT2D eigenvalue weighted by molar-refractivity contribution is -0.156. The number of methoxy groups -OCH3 is 1. The first-order chi connectivity index (χ1) is 22.6. The fourth-order valence-corrected chi connectivity index (χ4v) is 6.11. The summed E-state index contributed by atoms with van der Waals surface area (Å²) in [5.41, 5.74) is 1.10. The minimum Gasteiger partial charge on any atom is -0.496 e. The van der Waals surface area contributed by atoms with Gasteiger partial charge in [0.25, 0.3) is 0 Å². The fourth-order valence-electron chi connectivity index (χ4n) is 5.93. The topological polar surface area (TPSA) is 116 Å². The van der Waals surface area contributed by atoms with Gasteiger partial charge in [-0.1, -0.05) is 23.7 Å². The first kappa shape index (κ1) is 35.1. The van der Waals surface area contributed by atoms with Crippen LogP contribution in [0.2, 0.25) is 5.02 Å². The van der Waals surface area contributed by atoms with Gasteiger partial charge in [0.05, 0.1) is 25.6 Å². The van der Waals surface area contributed by atoms with Crippen molar-refractivity contribution in [3.05, 3.63) is 69.8 Å². The molecule has 0 aliphatic carbocycles. The van der Waals surface area contributed by atoms with Crippen LogP contribution >= 0.6 is 11.6 Å². The lowest BCUT2D eigenvalue weighted by atomic mass is 9.95.